The number of hydrogen-bond acceptors (Lipinski definition) is 1. The molecular weight excluding hydrogens is 284 g/mol. The molecule has 0 radical (unpaired) electrons. The van der Waals surface area contributed by atoms with Gasteiger partial charge in [0.05, 0.1) is 11.1 Å². The van der Waals surface area contributed by atoms with Crippen LogP contribution in [-0.2, 0) is 4.79 Å². The number of halogens is 3. The van der Waals surface area contributed by atoms with E-state index in [1.54, 1.807) is 13.8 Å². The first-order valence-corrected chi connectivity index (χ1v) is 7.13. The summed E-state index contributed by atoms with van der Waals surface area (Å²) in [7, 11) is 0. The zero-order valence-electron chi connectivity index (χ0n) is 12.0. The highest BCUT2D eigenvalue weighted by Crippen LogP contribution is 2.31. The van der Waals surface area contributed by atoms with Gasteiger partial charge in [-0.2, -0.15) is 0 Å². The lowest BCUT2D eigenvalue weighted by atomic mass is 9.85. The first-order chi connectivity index (χ1) is 9.28. The Morgan fingerprint density at radius 2 is 2.05 bits per heavy atom. The zero-order chi connectivity index (χ0) is 15.3. The van der Waals surface area contributed by atoms with E-state index in [-0.39, 0.29) is 17.0 Å². The van der Waals surface area contributed by atoms with Gasteiger partial charge in [0.25, 0.3) is 0 Å². The van der Waals surface area contributed by atoms with E-state index in [0.717, 1.165) is 25.0 Å². The predicted molar refractivity (Wildman–Crippen MR) is 77.9 cm³/mol. The summed E-state index contributed by atoms with van der Waals surface area (Å²) in [6.07, 6.45) is 2.63. The Morgan fingerprint density at radius 3 is 2.60 bits per heavy atom. The van der Waals surface area contributed by atoms with Crippen molar-refractivity contribution in [3.63, 3.8) is 0 Å². The summed E-state index contributed by atoms with van der Waals surface area (Å²) in [5, 5.41) is 2.13. The molecule has 2 nitrogen and oxygen atoms in total. The van der Waals surface area contributed by atoms with Gasteiger partial charge in [0.2, 0.25) is 5.91 Å². The largest absolute Gasteiger partial charge is 0.323 e. The standard InChI is InChI=1S/C15H20ClF2NO/c1-4-5-6-13(16)15(2,3)14(20)19-12-8-7-10(17)9-11(12)18/h7-9,13H,4-6H2,1-3H3,(H,19,20). The van der Waals surface area contributed by atoms with Gasteiger partial charge in [-0.3, -0.25) is 4.79 Å². The Hall–Kier alpha value is -1.16. The molecule has 0 aliphatic carbocycles. The lowest BCUT2D eigenvalue weighted by molar-refractivity contribution is -0.124. The van der Waals surface area contributed by atoms with Crippen molar-refractivity contribution >= 4 is 23.2 Å². The molecule has 0 saturated carbocycles. The lowest BCUT2D eigenvalue weighted by Gasteiger charge is -2.28. The molecule has 0 aliphatic heterocycles. The van der Waals surface area contributed by atoms with Crippen LogP contribution in [0.25, 0.3) is 0 Å². The molecule has 1 atom stereocenters. The molecule has 1 rings (SSSR count). The monoisotopic (exact) mass is 303 g/mol. The summed E-state index contributed by atoms with van der Waals surface area (Å²) < 4.78 is 26.3. The molecule has 0 heterocycles. The number of unbranched alkanes of at least 4 members (excludes halogenated alkanes) is 1. The Bertz CT molecular complexity index is 477. The highest BCUT2D eigenvalue weighted by Gasteiger charge is 2.35. The minimum absolute atomic E-state index is 0.0381. The molecule has 0 bridgehead atoms. The smallest absolute Gasteiger partial charge is 0.231 e. The van der Waals surface area contributed by atoms with Crippen LogP contribution in [-0.4, -0.2) is 11.3 Å². The zero-order valence-corrected chi connectivity index (χ0v) is 12.7. The van der Waals surface area contributed by atoms with Crippen molar-refractivity contribution in [2.24, 2.45) is 5.41 Å². The van der Waals surface area contributed by atoms with Crippen molar-refractivity contribution in [3.8, 4) is 0 Å². The van der Waals surface area contributed by atoms with Crippen LogP contribution >= 0.6 is 11.6 Å². The molecule has 1 N–H and O–H groups in total. The van der Waals surface area contributed by atoms with Crippen molar-refractivity contribution < 1.29 is 13.6 Å². The Kier molecular flexibility index (Phi) is 5.93. The van der Waals surface area contributed by atoms with Gasteiger partial charge in [-0.15, -0.1) is 11.6 Å². The second kappa shape index (κ2) is 7.02. The predicted octanol–water partition coefficient (Wildman–Crippen LogP) is 4.73. The average Bonchev–Trinajstić information content (AvgIpc) is 2.38. The van der Waals surface area contributed by atoms with Crippen molar-refractivity contribution in [2.75, 3.05) is 5.32 Å². The molecule has 0 fully saturated rings. The first kappa shape index (κ1) is 16.9. The maximum Gasteiger partial charge on any atom is 0.231 e. The van der Waals surface area contributed by atoms with E-state index in [0.29, 0.717) is 6.42 Å². The van der Waals surface area contributed by atoms with Crippen molar-refractivity contribution in [2.45, 2.75) is 45.4 Å². The molecule has 0 aromatic heterocycles. The van der Waals surface area contributed by atoms with Crippen LogP contribution < -0.4 is 5.32 Å². The van der Waals surface area contributed by atoms with Gasteiger partial charge >= 0.3 is 0 Å². The fourth-order valence-electron chi connectivity index (χ4n) is 1.76. The van der Waals surface area contributed by atoms with Crippen molar-refractivity contribution in [1.29, 1.82) is 0 Å². The maximum absolute atomic E-state index is 13.5. The minimum atomic E-state index is -0.836. The quantitative estimate of drug-likeness (QED) is 0.756. The number of carbonyl (C=O) groups excluding carboxylic acids is 1. The fourth-order valence-corrected chi connectivity index (χ4v) is 2.01. The summed E-state index contributed by atoms with van der Waals surface area (Å²) >= 11 is 6.26. The number of alkyl halides is 1. The van der Waals surface area contributed by atoms with Gasteiger partial charge in [0.15, 0.2) is 0 Å². The molecule has 1 aromatic rings. The second-order valence-corrected chi connectivity index (χ2v) is 5.94. The topological polar surface area (TPSA) is 29.1 Å². The van der Waals surface area contributed by atoms with Crippen LogP contribution in [0.4, 0.5) is 14.5 Å². The number of rotatable bonds is 6. The maximum atomic E-state index is 13.5. The molecular formula is C15H20ClF2NO. The van der Waals surface area contributed by atoms with E-state index in [2.05, 4.69) is 5.32 Å². The van der Waals surface area contributed by atoms with E-state index < -0.39 is 17.0 Å². The molecule has 1 aromatic carbocycles. The molecule has 112 valence electrons. The van der Waals surface area contributed by atoms with E-state index in [9.17, 15) is 13.6 Å². The number of anilines is 1. The van der Waals surface area contributed by atoms with Crippen LogP contribution in [0.2, 0.25) is 0 Å². The van der Waals surface area contributed by atoms with Crippen LogP contribution in [0.5, 0.6) is 0 Å². The third kappa shape index (κ3) is 4.17. The molecule has 0 aliphatic rings. The number of nitrogens with one attached hydrogen (secondary N) is 1. The summed E-state index contributed by atoms with van der Waals surface area (Å²) in [5.74, 6) is -1.86. The summed E-state index contributed by atoms with van der Waals surface area (Å²) in [6.45, 7) is 5.48. The molecule has 1 amide bonds. The van der Waals surface area contributed by atoms with Gasteiger partial charge < -0.3 is 5.32 Å². The third-order valence-electron chi connectivity index (χ3n) is 3.36. The Labute approximate surface area is 123 Å². The van der Waals surface area contributed by atoms with Crippen LogP contribution in [0, 0.1) is 17.0 Å². The minimum Gasteiger partial charge on any atom is -0.323 e. The normalized spacial score (nSPS) is 13.1. The highest BCUT2D eigenvalue weighted by molar-refractivity contribution is 6.23. The molecule has 20 heavy (non-hydrogen) atoms. The molecule has 5 heteroatoms. The van der Waals surface area contributed by atoms with Gasteiger partial charge in [-0.1, -0.05) is 19.8 Å². The number of benzene rings is 1. The van der Waals surface area contributed by atoms with Crippen LogP contribution in [0.3, 0.4) is 0 Å². The second-order valence-electron chi connectivity index (χ2n) is 5.41. The van der Waals surface area contributed by atoms with Gasteiger partial charge in [0, 0.05) is 11.4 Å². The molecule has 0 saturated heterocycles. The highest BCUT2D eigenvalue weighted by atomic mass is 35.5. The van der Waals surface area contributed by atoms with Crippen LogP contribution in [0.1, 0.15) is 40.0 Å². The number of carbonyl (C=O) groups is 1. The van der Waals surface area contributed by atoms with Gasteiger partial charge in [0.1, 0.15) is 11.6 Å². The Balaban J connectivity index is 2.78. The number of hydrogen-bond donors (Lipinski definition) is 1. The van der Waals surface area contributed by atoms with E-state index >= 15 is 0 Å². The number of amides is 1. The van der Waals surface area contributed by atoms with Crippen molar-refractivity contribution in [3.05, 3.63) is 29.8 Å². The first-order valence-electron chi connectivity index (χ1n) is 6.69. The Morgan fingerprint density at radius 1 is 1.40 bits per heavy atom. The van der Waals surface area contributed by atoms with Gasteiger partial charge in [-0.25, -0.2) is 8.78 Å². The lowest BCUT2D eigenvalue weighted by Crippen LogP contribution is -2.38. The molecule has 0 spiro atoms. The summed E-state index contributed by atoms with van der Waals surface area (Å²) in [4.78, 5) is 12.2. The molecule has 1 unspecified atom stereocenters. The van der Waals surface area contributed by atoms with E-state index in [1.807, 2.05) is 6.92 Å². The third-order valence-corrected chi connectivity index (χ3v) is 4.12. The van der Waals surface area contributed by atoms with E-state index in [1.165, 1.54) is 6.07 Å². The fraction of sp³-hybridized carbons (Fsp3) is 0.533. The average molecular weight is 304 g/mol. The van der Waals surface area contributed by atoms with Crippen LogP contribution in [0.15, 0.2) is 18.2 Å². The SMILES string of the molecule is CCCCC(Cl)C(C)(C)C(=O)Nc1ccc(F)cc1F. The van der Waals surface area contributed by atoms with Gasteiger partial charge in [-0.05, 0) is 32.4 Å². The summed E-state index contributed by atoms with van der Waals surface area (Å²) in [6, 6.07) is 3.03. The van der Waals surface area contributed by atoms with Crippen molar-refractivity contribution in [1.82, 2.24) is 0 Å². The summed E-state index contributed by atoms with van der Waals surface area (Å²) in [5.41, 5.74) is -0.874. The van der Waals surface area contributed by atoms with E-state index in [4.69, 9.17) is 11.6 Å².